The van der Waals surface area contributed by atoms with Crippen molar-refractivity contribution >= 4 is 139 Å². The number of imidazole rings is 4. The van der Waals surface area contributed by atoms with Gasteiger partial charge in [-0.3, -0.25) is 94.8 Å². The van der Waals surface area contributed by atoms with Crippen molar-refractivity contribution < 1.29 is 117 Å². The molecule has 54 heteroatoms. The number of aliphatic hydroxyl groups excluding tert-OH is 1. The third kappa shape index (κ3) is 23.8. The van der Waals surface area contributed by atoms with E-state index in [0.717, 1.165) is 0 Å². The molecule has 5 saturated heterocycles. The average Bonchev–Trinajstić information content (AvgIpc) is 1.59. The number of hydrogen-bond acceptors (Lipinski definition) is 36. The van der Waals surface area contributed by atoms with Gasteiger partial charge in [-0.1, -0.05) is 120 Å². The molecule has 3 unspecified atom stereocenters. The number of carboxylic acid groups (broad SMARTS) is 1. The van der Waals surface area contributed by atoms with Crippen molar-refractivity contribution in [3.05, 3.63) is 153 Å². The number of nitrogens with zero attached hydrogens (tertiary/aromatic N) is 16. The minimum absolute atomic E-state index is 0. The molecule has 10 aromatic rings. The number of benzene rings is 2. The summed E-state index contributed by atoms with van der Waals surface area (Å²) in [7, 11) is -17.7. The van der Waals surface area contributed by atoms with Crippen LogP contribution in [-0.2, 0) is 87.4 Å². The van der Waals surface area contributed by atoms with Gasteiger partial charge in [0.25, 0.3) is 22.9 Å². The highest BCUT2D eigenvalue weighted by Gasteiger charge is 2.58. The van der Waals surface area contributed by atoms with Crippen LogP contribution in [-0.4, -0.2) is 253 Å². The van der Waals surface area contributed by atoms with E-state index in [9.17, 15) is 57.8 Å². The lowest BCUT2D eigenvalue weighted by atomic mass is 10.1. The standard InChI is InChI=1S/C41H52N11O14PSi.C40H51N11O13P2Si.2CH4/c1-22(2)35(54)49-39-48-34-29(37(56)50-39)46-21-52(34)38-31(64-40(57)58)30(66-68(7,8)41(3,4)5)26(63-38)18-61-67(59,60-15-14-42-6)65-24-16-27(62-25(24)17-53)51-20-45-28-32(43-19-44-33(28)51)47-36(55)23-12-10-9-11-13-23;1-22(2)35(52)48-39-47-34-29(37(54)49-39)45-21-51(34)38-31-30(64-67(7,8)40(3,4)5)26(61-38)18-59-66(56,58-15-14-41-6)63-24-16-27(60-25(24)17-57-65(55)62-31)50-20-44-28-32(42-19-43-33(28)50)46-36(53)23-12-10-9-11-13-23;;/h9-13,19-22,24-27,30-31,38,53H,14-18H2,1-5,7-8H3,(H,57,58)(H,43,44,47,55)(H2,48,49,50,54,56);9-13,19-22,24-27,30-31,38,55H,14-18H2,1-5,7-8H3,(H,42,43,46,53)(H2,47,48,49,52,54);2*1H4/t24-,25+,26+,27+,30+,31+,38+,67?;24-,25+,26+,27+,30+,31+,38+,65?,66?;;/m00../s1. The van der Waals surface area contributed by atoms with Gasteiger partial charge in [0.15, 0.2) is 91.5 Å². The van der Waals surface area contributed by atoms with Crippen LogP contribution in [0.4, 0.5) is 28.3 Å². The number of amides is 4. The number of phosphoric ester groups is 2. The first-order valence-corrected chi connectivity index (χ1v) is 52.6. The molecule has 0 spiro atoms. The zero-order valence-corrected chi connectivity index (χ0v) is 80.4. The number of anilines is 4. The van der Waals surface area contributed by atoms with Crippen molar-refractivity contribution in [3.8, 4) is 0 Å². The fourth-order valence-electron chi connectivity index (χ4n) is 14.3. The molecule has 17 atom stereocenters. The largest absolute Gasteiger partial charge is 0.506 e. The zero-order chi connectivity index (χ0) is 97.0. The van der Waals surface area contributed by atoms with Gasteiger partial charge in [-0.2, -0.15) is 9.97 Å². The number of H-pyrrole nitrogens is 2. The highest BCUT2D eigenvalue weighted by molar-refractivity contribution is 7.48. The number of ether oxygens (including phenoxy) is 5. The Balaban J connectivity index is 0.000000242. The van der Waals surface area contributed by atoms with Crippen LogP contribution in [0.2, 0.25) is 36.3 Å². The second-order valence-electron chi connectivity index (χ2n) is 35.4. The number of hydrogen-bond donors (Lipinski definition) is 9. The summed E-state index contributed by atoms with van der Waals surface area (Å²) in [6.45, 7) is 37.9. The maximum Gasteiger partial charge on any atom is 0.506 e. The van der Waals surface area contributed by atoms with E-state index >= 15 is 0 Å². The number of phosphoric acid groups is 2. The van der Waals surface area contributed by atoms with Crippen LogP contribution < -0.4 is 32.4 Å². The van der Waals surface area contributed by atoms with Crippen LogP contribution in [0, 0.1) is 25.0 Å². The molecule has 8 aromatic heterocycles. The Labute approximate surface area is 788 Å². The number of rotatable bonds is 29. The van der Waals surface area contributed by atoms with E-state index in [1.165, 1.54) is 51.7 Å². The van der Waals surface area contributed by atoms with Crippen LogP contribution in [0.15, 0.2) is 108 Å². The van der Waals surface area contributed by atoms with Gasteiger partial charge in [-0.15, -0.1) is 0 Å². The second-order valence-corrected chi connectivity index (χ2v) is 49.1. The van der Waals surface area contributed by atoms with Crippen LogP contribution in [0.5, 0.6) is 0 Å². The first kappa shape index (κ1) is 105. The normalized spacial score (nSPS) is 24.7. The Morgan fingerprint density at radius 3 is 1.61 bits per heavy atom. The highest BCUT2D eigenvalue weighted by atomic mass is 31.2. The van der Waals surface area contributed by atoms with Crippen molar-refractivity contribution in [2.24, 2.45) is 11.8 Å². The molecule has 2 aromatic carbocycles. The molecular weight excluding hydrogens is 1890 g/mol. The fourth-order valence-corrected chi connectivity index (χ4v) is 20.5. The summed E-state index contributed by atoms with van der Waals surface area (Å²) in [6.07, 6.45) is -10.1. The van der Waals surface area contributed by atoms with Crippen molar-refractivity contribution in [2.45, 2.75) is 219 Å². The number of carbonyl (C=O) groups is 5. The lowest BCUT2D eigenvalue weighted by Gasteiger charge is -2.40. The summed E-state index contributed by atoms with van der Waals surface area (Å²) >= 11 is 0. The van der Waals surface area contributed by atoms with Gasteiger partial charge >= 0.3 is 30.4 Å². The Bertz CT molecular complexity index is 6310. The maximum absolute atomic E-state index is 14.8. The Hall–Kier alpha value is -10.9. The molecule has 15 rings (SSSR count). The second kappa shape index (κ2) is 43.6. The molecule has 49 nitrogen and oxygen atoms in total. The zero-order valence-electron chi connectivity index (χ0n) is 75.7. The van der Waals surface area contributed by atoms with E-state index in [0.29, 0.717) is 16.8 Å². The summed E-state index contributed by atoms with van der Waals surface area (Å²) < 4.78 is 128. The van der Waals surface area contributed by atoms with Crippen molar-refractivity contribution in [1.82, 2.24) is 78.1 Å². The monoisotopic (exact) mass is 2000 g/mol. The molecule has 137 heavy (non-hydrogen) atoms. The molecule has 738 valence electrons. The summed E-state index contributed by atoms with van der Waals surface area (Å²) in [5.41, 5.74) is 0.161. The van der Waals surface area contributed by atoms with Crippen molar-refractivity contribution in [1.29, 1.82) is 0 Å². The van der Waals surface area contributed by atoms with Gasteiger partial charge in [0, 0.05) is 35.8 Å². The first-order valence-electron chi connectivity index (χ1n) is 42.8. The molecule has 0 aliphatic carbocycles. The third-order valence-corrected chi connectivity index (χ3v) is 36.2. The molecule has 9 N–H and O–H groups in total. The van der Waals surface area contributed by atoms with E-state index < -0.39 is 211 Å². The number of carbonyl (C=O) groups excluding carboxylic acids is 4. The third-order valence-electron chi connectivity index (χ3n) is 23.4. The molecule has 5 aliphatic heterocycles. The first-order chi connectivity index (χ1) is 64.1. The van der Waals surface area contributed by atoms with Crippen LogP contribution >= 0.6 is 24.2 Å². The van der Waals surface area contributed by atoms with E-state index in [4.69, 9.17) is 81.9 Å². The molecule has 5 fully saturated rings. The van der Waals surface area contributed by atoms with Crippen LogP contribution in [0.25, 0.3) is 54.3 Å². The average molecular weight is 2000 g/mol. The minimum Gasteiger partial charge on any atom is -0.450 e. The smallest absolute Gasteiger partial charge is 0.450 e. The number of aliphatic hydroxyl groups is 1. The number of aromatic nitrogens is 16. The Morgan fingerprint density at radius 2 is 1.10 bits per heavy atom. The van der Waals surface area contributed by atoms with Crippen molar-refractivity contribution in [3.63, 3.8) is 0 Å². The lowest BCUT2D eigenvalue weighted by Crippen LogP contribution is -2.50. The molecule has 5 aliphatic rings. The van der Waals surface area contributed by atoms with E-state index in [-0.39, 0.29) is 122 Å². The van der Waals surface area contributed by atoms with Gasteiger partial charge in [0.2, 0.25) is 36.8 Å². The van der Waals surface area contributed by atoms with Gasteiger partial charge in [0.1, 0.15) is 93.3 Å². The fraction of sp³-hybridized carbons (Fsp3) is 0.530. The Morgan fingerprint density at radius 1 is 0.606 bits per heavy atom. The molecule has 0 saturated carbocycles. The molecule has 0 radical (unpaired) electrons. The van der Waals surface area contributed by atoms with E-state index in [1.807, 2.05) is 67.7 Å². The molecule has 13 heterocycles. The summed E-state index contributed by atoms with van der Waals surface area (Å²) in [6, 6.07) is 17.1. The van der Waals surface area contributed by atoms with Gasteiger partial charge in [-0.05, 0) is 60.5 Å². The van der Waals surface area contributed by atoms with Crippen molar-refractivity contribution in [2.75, 3.05) is 74.0 Å². The highest BCUT2D eigenvalue weighted by Crippen LogP contribution is 2.58. The van der Waals surface area contributed by atoms with E-state index in [1.54, 1.807) is 92.9 Å². The van der Waals surface area contributed by atoms with Crippen LogP contribution in [0.3, 0.4) is 0 Å². The lowest BCUT2D eigenvalue weighted by molar-refractivity contribution is -0.119. The Kier molecular flexibility index (Phi) is 33.4. The van der Waals surface area contributed by atoms with Gasteiger partial charge in [-0.25, -0.2) is 66.9 Å². The van der Waals surface area contributed by atoms with Gasteiger partial charge < -0.3 is 77.0 Å². The summed E-state index contributed by atoms with van der Waals surface area (Å²) in [5, 5.41) is 30.4. The predicted molar refractivity (Wildman–Crippen MR) is 497 cm³/mol. The maximum atomic E-state index is 14.8. The molecule has 4 amide bonds. The number of fused-ring (bicyclic) bond motifs is 7. The van der Waals surface area contributed by atoms with E-state index in [2.05, 4.69) is 90.8 Å². The summed E-state index contributed by atoms with van der Waals surface area (Å²) in [5.74, 6) is -2.61. The minimum atomic E-state index is -4.75. The topological polar surface area (TPSA) is 590 Å². The SMILES string of the molecule is C.C.[C-]#[N+]CCOP(=O)(OC[C@H]1O[C@@H](n2cnc3c(=O)[nH]c(NC(=O)C(C)C)nc32)[C@H](OC(=O)O)[C@@H]1O[Si](C)(C)C(C)(C)C)O[C@H]1C[C@H](n2cnc3c(NC(=O)c4ccccc4)ncnc32)O[C@@H]1CO.[C-]#[N+]CCOP1(=O)OC[C@H]2O[C@@H](n3cnc4c(=O)[nH]c(NC(=O)C(C)C)nc43)[C@H](OP(O)OC[C@H]3O[C@@H](n4cnc5c(NC(=O)c6ccccc6)ncnc54)C[C@@H]3O1)[C@@H]2O[Si](C)(C)C(C)(C)C. The predicted octanol–water partition coefficient (Wildman–Crippen LogP) is 11.6. The molecular formula is C83H111N22O27P3Si2. The number of nitrogens with one attached hydrogen (secondary N) is 6. The quantitative estimate of drug-likeness (QED) is 0.00691. The summed E-state index contributed by atoms with van der Waals surface area (Å²) in [4.78, 5) is 157. The van der Waals surface area contributed by atoms with Gasteiger partial charge in [0.05, 0.1) is 51.7 Å². The molecule has 2 bridgehead atoms. The van der Waals surface area contributed by atoms with Crippen LogP contribution in [0.1, 0.15) is 143 Å². The number of aromatic amines is 2.